The van der Waals surface area contributed by atoms with Crippen LogP contribution in [0.4, 0.5) is 9.93 Å². The van der Waals surface area contributed by atoms with Gasteiger partial charge >= 0.3 is 6.03 Å². The standard InChI is InChI=1S/C19H25N5O4S2/c1-19(2,3)23-30(27,28)15-7-5-4-6-13(15)11-21-16(25)10-14-12-29-18(22-14)24-9-8-20-17(24)26/h4-7,12,23H,8-11H2,1-3H3,(H,20,26)(H,21,25). The van der Waals surface area contributed by atoms with E-state index in [0.717, 1.165) is 0 Å². The van der Waals surface area contributed by atoms with Gasteiger partial charge in [-0.15, -0.1) is 11.3 Å². The second-order valence-electron chi connectivity index (χ2n) is 7.92. The maximum Gasteiger partial charge on any atom is 0.323 e. The number of urea groups is 1. The van der Waals surface area contributed by atoms with Crippen molar-refractivity contribution in [1.29, 1.82) is 0 Å². The summed E-state index contributed by atoms with van der Waals surface area (Å²) in [4.78, 5) is 30.1. The van der Waals surface area contributed by atoms with Crippen LogP contribution in [0.5, 0.6) is 0 Å². The number of nitrogens with one attached hydrogen (secondary N) is 3. The first kappa shape index (κ1) is 22.2. The van der Waals surface area contributed by atoms with Gasteiger partial charge in [0.1, 0.15) is 0 Å². The summed E-state index contributed by atoms with van der Waals surface area (Å²) in [6.07, 6.45) is 0.0428. The highest BCUT2D eigenvalue weighted by Gasteiger charge is 2.25. The molecule has 0 aliphatic carbocycles. The van der Waals surface area contributed by atoms with Crippen LogP contribution in [-0.2, 0) is 27.8 Å². The molecule has 3 rings (SSSR count). The molecule has 0 bridgehead atoms. The summed E-state index contributed by atoms with van der Waals surface area (Å²) in [6.45, 7) is 6.49. The second-order valence-corrected chi connectivity index (χ2v) is 10.4. The van der Waals surface area contributed by atoms with E-state index in [1.807, 2.05) is 0 Å². The molecule has 1 aromatic heterocycles. The lowest BCUT2D eigenvalue weighted by atomic mass is 10.1. The largest absolute Gasteiger partial charge is 0.352 e. The molecule has 11 heteroatoms. The topological polar surface area (TPSA) is 121 Å². The van der Waals surface area contributed by atoms with E-state index < -0.39 is 15.6 Å². The molecule has 1 fully saturated rings. The lowest BCUT2D eigenvalue weighted by Crippen LogP contribution is -2.41. The Kier molecular flexibility index (Phi) is 6.44. The predicted octanol–water partition coefficient (Wildman–Crippen LogP) is 1.61. The minimum absolute atomic E-state index is 0.0428. The smallest absolute Gasteiger partial charge is 0.323 e. The van der Waals surface area contributed by atoms with Gasteiger partial charge in [-0.3, -0.25) is 9.69 Å². The average Bonchev–Trinajstić information content (AvgIpc) is 3.27. The number of benzene rings is 1. The normalized spacial score (nSPS) is 14.6. The Bertz CT molecular complexity index is 1040. The molecule has 1 aliphatic rings. The van der Waals surface area contributed by atoms with Crippen molar-refractivity contribution in [3.8, 4) is 0 Å². The van der Waals surface area contributed by atoms with E-state index in [2.05, 4.69) is 20.3 Å². The molecule has 0 atom stereocenters. The molecule has 9 nitrogen and oxygen atoms in total. The van der Waals surface area contributed by atoms with Crippen molar-refractivity contribution in [3.05, 3.63) is 40.9 Å². The molecule has 162 valence electrons. The number of rotatable bonds is 7. The molecule has 1 aromatic carbocycles. The van der Waals surface area contributed by atoms with Crippen LogP contribution in [0.1, 0.15) is 32.0 Å². The van der Waals surface area contributed by atoms with Crippen LogP contribution < -0.4 is 20.3 Å². The van der Waals surface area contributed by atoms with Gasteiger partial charge in [-0.25, -0.2) is 22.9 Å². The van der Waals surface area contributed by atoms with Crippen LogP contribution in [0.15, 0.2) is 34.5 Å². The number of thiazole rings is 1. The fourth-order valence-corrected chi connectivity index (χ4v) is 5.45. The second kappa shape index (κ2) is 8.70. The lowest BCUT2D eigenvalue weighted by Gasteiger charge is -2.21. The lowest BCUT2D eigenvalue weighted by molar-refractivity contribution is -0.120. The summed E-state index contributed by atoms with van der Waals surface area (Å²) < 4.78 is 28.0. The number of hydrogen-bond donors (Lipinski definition) is 3. The molecular weight excluding hydrogens is 426 g/mol. The van der Waals surface area contributed by atoms with Crippen LogP contribution in [0, 0.1) is 0 Å². The van der Waals surface area contributed by atoms with Crippen molar-refractivity contribution in [3.63, 3.8) is 0 Å². The molecule has 2 aromatic rings. The monoisotopic (exact) mass is 451 g/mol. The number of anilines is 1. The van der Waals surface area contributed by atoms with E-state index in [1.165, 1.54) is 22.3 Å². The molecular formula is C19H25N5O4S2. The van der Waals surface area contributed by atoms with Crippen LogP contribution in [0.3, 0.4) is 0 Å². The fourth-order valence-electron chi connectivity index (χ4n) is 2.95. The van der Waals surface area contributed by atoms with E-state index in [1.54, 1.807) is 44.4 Å². The summed E-state index contributed by atoms with van der Waals surface area (Å²) in [6, 6.07) is 6.37. The number of amides is 3. The average molecular weight is 452 g/mol. The molecule has 0 spiro atoms. The highest BCUT2D eigenvalue weighted by molar-refractivity contribution is 7.89. The zero-order chi connectivity index (χ0) is 21.9. The van der Waals surface area contributed by atoms with E-state index in [-0.39, 0.29) is 29.8 Å². The first-order chi connectivity index (χ1) is 14.0. The Hall–Kier alpha value is -2.50. The van der Waals surface area contributed by atoms with Crippen LogP contribution in [-0.4, -0.2) is 44.0 Å². The molecule has 2 heterocycles. The first-order valence-corrected chi connectivity index (χ1v) is 11.8. The number of carbonyl (C=O) groups excluding carboxylic acids is 2. The summed E-state index contributed by atoms with van der Waals surface area (Å²) in [7, 11) is -3.72. The molecule has 1 saturated heterocycles. The van der Waals surface area contributed by atoms with Crippen molar-refractivity contribution in [2.75, 3.05) is 18.0 Å². The minimum atomic E-state index is -3.72. The molecule has 0 saturated carbocycles. The zero-order valence-corrected chi connectivity index (χ0v) is 18.7. The van der Waals surface area contributed by atoms with Crippen molar-refractivity contribution in [2.24, 2.45) is 0 Å². The van der Waals surface area contributed by atoms with E-state index in [0.29, 0.717) is 29.5 Å². The van der Waals surface area contributed by atoms with Crippen molar-refractivity contribution in [1.82, 2.24) is 20.3 Å². The van der Waals surface area contributed by atoms with Gasteiger partial charge in [0.2, 0.25) is 15.9 Å². The molecule has 3 N–H and O–H groups in total. The molecule has 3 amide bonds. The molecule has 0 unspecified atom stereocenters. The Balaban J connectivity index is 1.63. The third kappa shape index (κ3) is 5.55. The maximum atomic E-state index is 12.7. The number of sulfonamides is 1. The van der Waals surface area contributed by atoms with Crippen LogP contribution >= 0.6 is 11.3 Å². The van der Waals surface area contributed by atoms with Gasteiger partial charge < -0.3 is 10.6 Å². The molecule has 1 aliphatic heterocycles. The Labute approximate surface area is 179 Å². The van der Waals surface area contributed by atoms with Gasteiger partial charge in [-0.2, -0.15) is 0 Å². The van der Waals surface area contributed by atoms with E-state index in [9.17, 15) is 18.0 Å². The van der Waals surface area contributed by atoms with E-state index >= 15 is 0 Å². The maximum absolute atomic E-state index is 12.7. The number of carbonyl (C=O) groups is 2. The summed E-state index contributed by atoms with van der Waals surface area (Å²) in [5.74, 6) is -0.284. The highest BCUT2D eigenvalue weighted by Crippen LogP contribution is 2.22. The number of aromatic nitrogens is 1. The number of hydrogen-bond acceptors (Lipinski definition) is 6. The quantitative estimate of drug-likeness (QED) is 0.591. The van der Waals surface area contributed by atoms with Crippen molar-refractivity contribution < 1.29 is 18.0 Å². The van der Waals surface area contributed by atoms with Gasteiger partial charge in [0.15, 0.2) is 5.13 Å². The minimum Gasteiger partial charge on any atom is -0.352 e. The first-order valence-electron chi connectivity index (χ1n) is 9.43. The number of nitrogens with zero attached hydrogens (tertiary/aromatic N) is 2. The van der Waals surface area contributed by atoms with Gasteiger partial charge in [-0.1, -0.05) is 18.2 Å². The third-order valence-electron chi connectivity index (χ3n) is 4.15. The molecule has 0 radical (unpaired) electrons. The van der Waals surface area contributed by atoms with Gasteiger partial charge in [-0.05, 0) is 32.4 Å². The zero-order valence-electron chi connectivity index (χ0n) is 17.1. The predicted molar refractivity (Wildman–Crippen MR) is 115 cm³/mol. The Morgan fingerprint density at radius 2 is 2.03 bits per heavy atom. The Morgan fingerprint density at radius 1 is 1.30 bits per heavy atom. The molecule has 30 heavy (non-hydrogen) atoms. The third-order valence-corrected chi connectivity index (χ3v) is 6.92. The Morgan fingerprint density at radius 3 is 2.70 bits per heavy atom. The highest BCUT2D eigenvalue weighted by atomic mass is 32.2. The SMILES string of the molecule is CC(C)(C)NS(=O)(=O)c1ccccc1CNC(=O)Cc1csc(N2CCNC2=O)n1. The van der Waals surface area contributed by atoms with Crippen molar-refractivity contribution >= 4 is 38.4 Å². The van der Waals surface area contributed by atoms with Crippen LogP contribution in [0.25, 0.3) is 0 Å². The summed E-state index contributed by atoms with van der Waals surface area (Å²) in [5.41, 5.74) is 0.432. The van der Waals surface area contributed by atoms with E-state index in [4.69, 9.17) is 0 Å². The van der Waals surface area contributed by atoms with Gasteiger partial charge in [0.05, 0.1) is 17.0 Å². The van der Waals surface area contributed by atoms with Crippen LogP contribution in [0.2, 0.25) is 0 Å². The fraction of sp³-hybridized carbons (Fsp3) is 0.421. The van der Waals surface area contributed by atoms with Crippen molar-refractivity contribution in [2.45, 2.75) is 44.2 Å². The van der Waals surface area contributed by atoms with Gasteiger partial charge in [0, 0.05) is 30.6 Å². The summed E-state index contributed by atoms with van der Waals surface area (Å²) >= 11 is 1.30. The summed E-state index contributed by atoms with van der Waals surface area (Å²) in [5, 5.41) is 7.75. The van der Waals surface area contributed by atoms with Gasteiger partial charge in [0.25, 0.3) is 0 Å².